The van der Waals surface area contributed by atoms with Crippen molar-refractivity contribution in [3.63, 3.8) is 0 Å². The number of hydrogen-bond donors (Lipinski definition) is 0. The van der Waals surface area contributed by atoms with E-state index in [1.54, 1.807) is 12.4 Å². The summed E-state index contributed by atoms with van der Waals surface area (Å²) in [6, 6.07) is 5.71. The van der Waals surface area contributed by atoms with E-state index in [1.807, 2.05) is 12.1 Å². The molecule has 0 atom stereocenters. The van der Waals surface area contributed by atoms with Gasteiger partial charge < -0.3 is 4.42 Å². The number of rotatable bonds is 4. The highest BCUT2D eigenvalue weighted by Gasteiger charge is 2.08. The number of nitriles is 1. The summed E-state index contributed by atoms with van der Waals surface area (Å²) in [5.41, 5.74) is 0.794. The van der Waals surface area contributed by atoms with Gasteiger partial charge >= 0.3 is 0 Å². The molecule has 2 aromatic rings. The van der Waals surface area contributed by atoms with Gasteiger partial charge in [-0.15, -0.1) is 10.2 Å². The predicted molar refractivity (Wildman–Crippen MR) is 58.5 cm³/mol. The molecule has 80 valence electrons. The summed E-state index contributed by atoms with van der Waals surface area (Å²) in [6.45, 7) is 0. The molecule has 0 radical (unpaired) electrons. The average molecular weight is 232 g/mol. The quantitative estimate of drug-likeness (QED) is 0.593. The highest BCUT2D eigenvalue weighted by atomic mass is 32.2. The largest absolute Gasteiger partial charge is 0.411 e. The fourth-order valence-corrected chi connectivity index (χ4v) is 1.66. The number of pyridine rings is 1. The van der Waals surface area contributed by atoms with Crippen LogP contribution in [0.3, 0.4) is 0 Å². The summed E-state index contributed by atoms with van der Waals surface area (Å²) in [6.07, 6.45) is 3.81. The van der Waals surface area contributed by atoms with E-state index in [2.05, 4.69) is 21.3 Å². The van der Waals surface area contributed by atoms with E-state index < -0.39 is 0 Å². The predicted octanol–water partition coefficient (Wildman–Crippen LogP) is 2.14. The van der Waals surface area contributed by atoms with Gasteiger partial charge in [0.2, 0.25) is 5.89 Å². The second-order valence-corrected chi connectivity index (χ2v) is 3.92. The Balaban J connectivity index is 2.06. The minimum Gasteiger partial charge on any atom is -0.411 e. The molecule has 16 heavy (non-hydrogen) atoms. The second kappa shape index (κ2) is 5.28. The van der Waals surface area contributed by atoms with Gasteiger partial charge in [-0.3, -0.25) is 4.98 Å². The molecule has 0 N–H and O–H groups in total. The van der Waals surface area contributed by atoms with Crippen LogP contribution in [0.2, 0.25) is 0 Å². The zero-order valence-corrected chi connectivity index (χ0v) is 9.15. The van der Waals surface area contributed by atoms with Crippen molar-refractivity contribution in [1.82, 2.24) is 15.2 Å². The van der Waals surface area contributed by atoms with Crippen molar-refractivity contribution < 1.29 is 4.42 Å². The number of nitrogens with zero attached hydrogens (tertiary/aromatic N) is 4. The third-order valence-corrected chi connectivity index (χ3v) is 2.57. The molecular weight excluding hydrogens is 224 g/mol. The summed E-state index contributed by atoms with van der Waals surface area (Å²) >= 11 is 1.38. The van der Waals surface area contributed by atoms with Crippen LogP contribution in [0.1, 0.15) is 6.42 Å². The summed E-state index contributed by atoms with van der Waals surface area (Å²) in [5, 5.41) is 16.6. The first-order valence-electron chi connectivity index (χ1n) is 4.64. The first-order chi connectivity index (χ1) is 7.90. The van der Waals surface area contributed by atoms with Crippen LogP contribution in [-0.4, -0.2) is 20.9 Å². The summed E-state index contributed by atoms with van der Waals surface area (Å²) in [7, 11) is 0. The van der Waals surface area contributed by atoms with E-state index in [0.29, 0.717) is 23.3 Å². The third kappa shape index (κ3) is 2.58. The Kier molecular flexibility index (Phi) is 3.51. The zero-order valence-electron chi connectivity index (χ0n) is 8.33. The van der Waals surface area contributed by atoms with Gasteiger partial charge in [-0.1, -0.05) is 11.8 Å². The van der Waals surface area contributed by atoms with Gasteiger partial charge in [0, 0.05) is 24.6 Å². The molecule has 0 unspecified atom stereocenters. The maximum absolute atomic E-state index is 8.39. The van der Waals surface area contributed by atoms with Crippen LogP contribution in [0.5, 0.6) is 0 Å². The van der Waals surface area contributed by atoms with E-state index in [0.717, 1.165) is 5.56 Å². The van der Waals surface area contributed by atoms with Gasteiger partial charge in [0.15, 0.2) is 0 Å². The van der Waals surface area contributed by atoms with Crippen molar-refractivity contribution in [2.75, 3.05) is 5.75 Å². The lowest BCUT2D eigenvalue weighted by atomic mass is 10.3. The van der Waals surface area contributed by atoms with Gasteiger partial charge in [0.1, 0.15) is 0 Å². The molecule has 0 amide bonds. The highest BCUT2D eigenvalue weighted by molar-refractivity contribution is 7.99. The third-order valence-electron chi connectivity index (χ3n) is 1.75. The molecule has 0 saturated heterocycles. The Morgan fingerprint density at radius 2 is 2.38 bits per heavy atom. The van der Waals surface area contributed by atoms with E-state index in [4.69, 9.17) is 9.68 Å². The highest BCUT2D eigenvalue weighted by Crippen LogP contribution is 2.22. The Bertz CT molecular complexity index is 491. The molecule has 5 nitrogen and oxygen atoms in total. The molecule has 0 saturated carbocycles. The molecule has 6 heteroatoms. The Hall–Kier alpha value is -1.87. The standard InChI is InChI=1S/C10H8N4OS/c11-4-2-6-16-10-14-13-9(15-10)8-3-1-5-12-7-8/h1,3,5,7H,2,6H2. The van der Waals surface area contributed by atoms with E-state index >= 15 is 0 Å². The van der Waals surface area contributed by atoms with Crippen LogP contribution in [0.15, 0.2) is 34.2 Å². The molecule has 0 bridgehead atoms. The summed E-state index contributed by atoms with van der Waals surface area (Å²) < 4.78 is 5.41. The van der Waals surface area contributed by atoms with Crippen LogP contribution >= 0.6 is 11.8 Å². The Labute approximate surface area is 96.5 Å². The van der Waals surface area contributed by atoms with Gasteiger partial charge in [0.25, 0.3) is 5.22 Å². The van der Waals surface area contributed by atoms with Crippen molar-refractivity contribution in [2.24, 2.45) is 0 Å². The number of thioether (sulfide) groups is 1. The molecule has 2 aromatic heterocycles. The maximum Gasteiger partial charge on any atom is 0.276 e. The minimum absolute atomic E-state index is 0.451. The molecule has 0 fully saturated rings. The lowest BCUT2D eigenvalue weighted by molar-refractivity contribution is 0.466. The second-order valence-electron chi connectivity index (χ2n) is 2.87. The van der Waals surface area contributed by atoms with Crippen LogP contribution in [0.25, 0.3) is 11.5 Å². The van der Waals surface area contributed by atoms with Crippen LogP contribution in [0, 0.1) is 11.3 Å². The average Bonchev–Trinajstić information content (AvgIpc) is 2.79. The molecule has 0 aromatic carbocycles. The van der Waals surface area contributed by atoms with E-state index in [9.17, 15) is 0 Å². The number of aromatic nitrogens is 3. The smallest absolute Gasteiger partial charge is 0.276 e. The Morgan fingerprint density at radius 1 is 1.44 bits per heavy atom. The minimum atomic E-state index is 0.451. The van der Waals surface area contributed by atoms with Crippen LogP contribution in [0.4, 0.5) is 0 Å². The number of hydrogen-bond acceptors (Lipinski definition) is 6. The fourth-order valence-electron chi connectivity index (χ4n) is 1.06. The molecule has 0 aliphatic rings. The molecule has 2 rings (SSSR count). The van der Waals surface area contributed by atoms with E-state index in [1.165, 1.54) is 11.8 Å². The van der Waals surface area contributed by atoms with Gasteiger partial charge in [0.05, 0.1) is 11.6 Å². The summed E-state index contributed by atoms with van der Waals surface area (Å²) in [4.78, 5) is 3.97. The van der Waals surface area contributed by atoms with Gasteiger partial charge in [-0.2, -0.15) is 5.26 Å². The topological polar surface area (TPSA) is 75.6 Å². The van der Waals surface area contributed by atoms with Crippen molar-refractivity contribution in [1.29, 1.82) is 5.26 Å². The lowest BCUT2D eigenvalue weighted by Crippen LogP contribution is -1.78. The van der Waals surface area contributed by atoms with Crippen molar-refractivity contribution in [3.8, 4) is 17.5 Å². The SMILES string of the molecule is N#CCCSc1nnc(-c2cccnc2)o1. The Morgan fingerprint density at radius 3 is 3.12 bits per heavy atom. The first-order valence-corrected chi connectivity index (χ1v) is 5.62. The monoisotopic (exact) mass is 232 g/mol. The normalized spacial score (nSPS) is 9.94. The van der Waals surface area contributed by atoms with Crippen LogP contribution in [-0.2, 0) is 0 Å². The van der Waals surface area contributed by atoms with Gasteiger partial charge in [-0.05, 0) is 12.1 Å². The maximum atomic E-state index is 8.39. The molecular formula is C10H8N4OS. The van der Waals surface area contributed by atoms with Crippen molar-refractivity contribution >= 4 is 11.8 Å². The summed E-state index contributed by atoms with van der Waals surface area (Å²) in [5.74, 6) is 1.11. The molecule has 0 spiro atoms. The van der Waals surface area contributed by atoms with E-state index in [-0.39, 0.29) is 0 Å². The van der Waals surface area contributed by atoms with Crippen molar-refractivity contribution in [3.05, 3.63) is 24.5 Å². The first kappa shape index (κ1) is 10.6. The van der Waals surface area contributed by atoms with Crippen LogP contribution < -0.4 is 0 Å². The molecule has 2 heterocycles. The lowest BCUT2D eigenvalue weighted by Gasteiger charge is -1.91. The fraction of sp³-hybridized carbons (Fsp3) is 0.200. The van der Waals surface area contributed by atoms with Gasteiger partial charge in [-0.25, -0.2) is 0 Å². The molecule has 0 aliphatic heterocycles. The zero-order chi connectivity index (χ0) is 11.2. The molecule has 0 aliphatic carbocycles. The van der Waals surface area contributed by atoms with Crippen molar-refractivity contribution in [2.45, 2.75) is 11.6 Å².